The van der Waals surface area contributed by atoms with E-state index >= 15 is 0 Å². The van der Waals surface area contributed by atoms with Crippen molar-refractivity contribution in [3.63, 3.8) is 0 Å². The van der Waals surface area contributed by atoms with Crippen LogP contribution in [0.3, 0.4) is 0 Å². The van der Waals surface area contributed by atoms with E-state index in [1.54, 1.807) is 0 Å². The lowest BCUT2D eigenvalue weighted by Gasteiger charge is -2.33. The summed E-state index contributed by atoms with van der Waals surface area (Å²) in [5, 5.41) is 9.13. The lowest BCUT2D eigenvalue weighted by atomic mass is 9.73. The molecule has 0 atom stereocenters. The zero-order valence-corrected chi connectivity index (χ0v) is 14.5. The number of carbonyl (C=O) groups is 1. The molecule has 2 saturated carbocycles. The Bertz CT molecular complexity index is 370. The highest BCUT2D eigenvalue weighted by Gasteiger charge is 2.32. The van der Waals surface area contributed by atoms with E-state index in [4.69, 9.17) is 14.6 Å². The van der Waals surface area contributed by atoms with Gasteiger partial charge in [-0.25, -0.2) is 4.79 Å². The van der Waals surface area contributed by atoms with Crippen molar-refractivity contribution in [2.45, 2.75) is 71.1 Å². The molecule has 0 bridgehead atoms. The van der Waals surface area contributed by atoms with Crippen LogP contribution in [0.2, 0.25) is 0 Å². The van der Waals surface area contributed by atoms with Crippen molar-refractivity contribution in [2.24, 2.45) is 11.8 Å². The zero-order chi connectivity index (χ0) is 16.5. The van der Waals surface area contributed by atoms with Crippen molar-refractivity contribution in [2.75, 3.05) is 19.8 Å². The van der Waals surface area contributed by atoms with Crippen LogP contribution in [0, 0.1) is 11.8 Å². The van der Waals surface area contributed by atoms with Gasteiger partial charge in [0.05, 0.1) is 13.2 Å². The van der Waals surface area contributed by atoms with Gasteiger partial charge in [-0.2, -0.15) is 0 Å². The van der Waals surface area contributed by atoms with E-state index in [0.717, 1.165) is 25.7 Å². The van der Waals surface area contributed by atoms with Gasteiger partial charge in [0.2, 0.25) is 5.76 Å². The van der Waals surface area contributed by atoms with Crippen molar-refractivity contribution in [3.8, 4) is 0 Å². The standard InChI is InChI=1S/C19H32O4/c1-2-22-19(21)18(23-14-13-20)17(15-9-5-3-6-10-15)16-11-7-4-8-12-16/h15-16,20H,2-14H2,1H3. The molecule has 23 heavy (non-hydrogen) atoms. The van der Waals surface area contributed by atoms with Crippen LogP contribution in [0.15, 0.2) is 11.3 Å². The number of hydrogen-bond donors (Lipinski definition) is 1. The molecule has 2 aliphatic carbocycles. The molecule has 0 unspecified atom stereocenters. The van der Waals surface area contributed by atoms with Gasteiger partial charge in [-0.15, -0.1) is 0 Å². The summed E-state index contributed by atoms with van der Waals surface area (Å²) in [6.07, 6.45) is 12.1. The number of allylic oxidation sites excluding steroid dienone is 1. The van der Waals surface area contributed by atoms with Gasteiger partial charge in [0, 0.05) is 0 Å². The van der Waals surface area contributed by atoms with Crippen LogP contribution in [-0.4, -0.2) is 30.9 Å². The summed E-state index contributed by atoms with van der Waals surface area (Å²) in [7, 11) is 0. The highest BCUT2D eigenvalue weighted by molar-refractivity contribution is 5.87. The molecule has 0 aromatic rings. The van der Waals surface area contributed by atoms with Crippen molar-refractivity contribution in [3.05, 3.63) is 11.3 Å². The molecule has 0 aromatic carbocycles. The maximum atomic E-state index is 12.5. The molecule has 132 valence electrons. The normalized spacial score (nSPS) is 20.1. The Morgan fingerprint density at radius 3 is 1.87 bits per heavy atom. The predicted molar refractivity (Wildman–Crippen MR) is 89.8 cm³/mol. The van der Waals surface area contributed by atoms with E-state index in [1.807, 2.05) is 6.92 Å². The Labute approximate surface area is 140 Å². The Morgan fingerprint density at radius 1 is 0.913 bits per heavy atom. The minimum absolute atomic E-state index is 0.0779. The van der Waals surface area contributed by atoms with Gasteiger partial charge in [-0.3, -0.25) is 0 Å². The molecule has 0 radical (unpaired) electrons. The Kier molecular flexibility index (Phi) is 7.93. The number of esters is 1. The Balaban J connectivity index is 2.31. The van der Waals surface area contributed by atoms with Crippen molar-refractivity contribution in [1.29, 1.82) is 0 Å². The van der Waals surface area contributed by atoms with Gasteiger partial charge < -0.3 is 14.6 Å². The number of carbonyl (C=O) groups excluding carboxylic acids is 1. The molecule has 0 amide bonds. The summed E-state index contributed by atoms with van der Waals surface area (Å²) in [5.74, 6) is 0.974. The fourth-order valence-corrected chi connectivity index (χ4v) is 4.14. The SMILES string of the molecule is CCOC(=O)C(OCCO)=C(C1CCCCC1)C1CCCCC1. The second-order valence-electron chi connectivity index (χ2n) is 6.75. The van der Waals surface area contributed by atoms with Gasteiger partial charge in [0.15, 0.2) is 0 Å². The molecule has 0 aliphatic heterocycles. The van der Waals surface area contributed by atoms with Crippen LogP contribution in [-0.2, 0) is 14.3 Å². The maximum absolute atomic E-state index is 12.5. The quantitative estimate of drug-likeness (QED) is 0.437. The number of aliphatic hydroxyl groups is 1. The van der Waals surface area contributed by atoms with Crippen LogP contribution in [0.1, 0.15) is 71.1 Å². The molecule has 0 heterocycles. The monoisotopic (exact) mass is 324 g/mol. The van der Waals surface area contributed by atoms with Gasteiger partial charge in [0.25, 0.3) is 0 Å². The second kappa shape index (κ2) is 9.96. The highest BCUT2D eigenvalue weighted by Crippen LogP contribution is 2.41. The van der Waals surface area contributed by atoms with Crippen LogP contribution in [0.5, 0.6) is 0 Å². The van der Waals surface area contributed by atoms with Gasteiger partial charge >= 0.3 is 5.97 Å². The first-order valence-corrected chi connectivity index (χ1v) is 9.42. The largest absolute Gasteiger partial charge is 0.484 e. The molecular weight excluding hydrogens is 292 g/mol. The fraction of sp³-hybridized carbons (Fsp3) is 0.842. The number of aliphatic hydroxyl groups excluding tert-OH is 1. The van der Waals surface area contributed by atoms with E-state index in [2.05, 4.69) is 0 Å². The summed E-state index contributed by atoms with van der Waals surface area (Å²) in [6, 6.07) is 0. The summed E-state index contributed by atoms with van der Waals surface area (Å²) >= 11 is 0. The second-order valence-corrected chi connectivity index (χ2v) is 6.75. The molecule has 4 heteroatoms. The lowest BCUT2D eigenvalue weighted by Crippen LogP contribution is -2.25. The third-order valence-corrected chi connectivity index (χ3v) is 5.15. The maximum Gasteiger partial charge on any atom is 0.373 e. The minimum atomic E-state index is -0.341. The molecule has 4 nitrogen and oxygen atoms in total. The van der Waals surface area contributed by atoms with Crippen LogP contribution in [0.25, 0.3) is 0 Å². The summed E-state index contributed by atoms with van der Waals surface area (Å²) in [5.41, 5.74) is 1.20. The summed E-state index contributed by atoms with van der Waals surface area (Å²) in [6.45, 7) is 2.26. The number of ether oxygens (including phenoxy) is 2. The third kappa shape index (κ3) is 5.23. The summed E-state index contributed by atoms with van der Waals surface area (Å²) < 4.78 is 11.0. The molecule has 2 rings (SSSR count). The van der Waals surface area contributed by atoms with Crippen LogP contribution < -0.4 is 0 Å². The van der Waals surface area contributed by atoms with E-state index in [-0.39, 0.29) is 19.2 Å². The van der Waals surface area contributed by atoms with E-state index in [1.165, 1.54) is 44.1 Å². The first kappa shape index (κ1) is 18.3. The molecule has 0 spiro atoms. The van der Waals surface area contributed by atoms with E-state index < -0.39 is 0 Å². The number of rotatable bonds is 7. The molecular formula is C19H32O4. The molecule has 0 aromatic heterocycles. The molecule has 2 aliphatic rings. The topological polar surface area (TPSA) is 55.8 Å². The Hall–Kier alpha value is -1.03. The Morgan fingerprint density at radius 2 is 1.43 bits per heavy atom. The van der Waals surface area contributed by atoms with Crippen LogP contribution >= 0.6 is 0 Å². The smallest absolute Gasteiger partial charge is 0.373 e. The fourth-order valence-electron chi connectivity index (χ4n) is 4.14. The van der Waals surface area contributed by atoms with E-state index in [9.17, 15) is 4.79 Å². The predicted octanol–water partition coefficient (Wildman–Crippen LogP) is 3.97. The van der Waals surface area contributed by atoms with Crippen molar-refractivity contribution >= 4 is 5.97 Å². The lowest BCUT2D eigenvalue weighted by molar-refractivity contribution is -0.143. The van der Waals surface area contributed by atoms with Crippen molar-refractivity contribution in [1.82, 2.24) is 0 Å². The van der Waals surface area contributed by atoms with Gasteiger partial charge in [0.1, 0.15) is 6.61 Å². The highest BCUT2D eigenvalue weighted by atomic mass is 16.6. The van der Waals surface area contributed by atoms with Gasteiger partial charge in [-0.1, -0.05) is 38.5 Å². The first-order chi connectivity index (χ1) is 11.3. The number of hydrogen-bond acceptors (Lipinski definition) is 4. The van der Waals surface area contributed by atoms with Crippen molar-refractivity contribution < 1.29 is 19.4 Å². The first-order valence-electron chi connectivity index (χ1n) is 9.42. The van der Waals surface area contributed by atoms with Gasteiger partial charge in [-0.05, 0) is 50.0 Å². The molecule has 2 fully saturated rings. The van der Waals surface area contributed by atoms with Crippen LogP contribution in [0.4, 0.5) is 0 Å². The zero-order valence-electron chi connectivity index (χ0n) is 14.5. The average molecular weight is 324 g/mol. The van der Waals surface area contributed by atoms with E-state index in [0.29, 0.717) is 24.2 Å². The third-order valence-electron chi connectivity index (χ3n) is 5.15. The molecule has 0 saturated heterocycles. The minimum Gasteiger partial charge on any atom is -0.484 e. The summed E-state index contributed by atoms with van der Waals surface area (Å²) in [4.78, 5) is 12.5. The average Bonchev–Trinajstić information content (AvgIpc) is 2.60. The molecule has 1 N–H and O–H groups in total.